The van der Waals surface area contributed by atoms with Crippen molar-refractivity contribution in [1.29, 1.82) is 0 Å². The summed E-state index contributed by atoms with van der Waals surface area (Å²) >= 11 is 0. The van der Waals surface area contributed by atoms with Crippen LogP contribution in [0.4, 0.5) is 4.79 Å². The van der Waals surface area contributed by atoms with Crippen LogP contribution in [0.3, 0.4) is 0 Å². The first-order chi connectivity index (χ1) is 9.12. The molecule has 0 aromatic heterocycles. The molecule has 1 fully saturated rings. The average molecular weight is 272 g/mol. The molecule has 1 aliphatic carbocycles. The standard InChI is InChI=1S/C14H28N2O3/c1-12(5-9-17)16-13(18)15-11-14(8-10-19-2)6-3-4-7-14/h12,17H,3-11H2,1-2H3,(H2,15,16,18)/t12-/m1/s1. The molecule has 0 unspecified atom stereocenters. The molecule has 0 radical (unpaired) electrons. The van der Waals surface area contributed by atoms with Crippen LogP contribution in [0.1, 0.15) is 45.4 Å². The van der Waals surface area contributed by atoms with Gasteiger partial charge in [0.15, 0.2) is 0 Å². The second kappa shape index (κ2) is 8.38. The molecule has 0 spiro atoms. The lowest BCUT2D eigenvalue weighted by molar-refractivity contribution is 0.135. The Morgan fingerprint density at radius 3 is 2.68 bits per heavy atom. The molecule has 0 aromatic rings. The van der Waals surface area contributed by atoms with Crippen LogP contribution in [0.15, 0.2) is 0 Å². The minimum Gasteiger partial charge on any atom is -0.396 e. The number of urea groups is 1. The molecule has 0 heterocycles. The lowest BCUT2D eigenvalue weighted by Gasteiger charge is -2.29. The highest BCUT2D eigenvalue weighted by Crippen LogP contribution is 2.40. The van der Waals surface area contributed by atoms with E-state index in [2.05, 4.69) is 10.6 Å². The van der Waals surface area contributed by atoms with Gasteiger partial charge in [-0.15, -0.1) is 0 Å². The SMILES string of the molecule is COCCC1(CNC(=O)N[C@H](C)CCO)CCCC1. The van der Waals surface area contributed by atoms with E-state index in [1.807, 2.05) is 6.92 Å². The summed E-state index contributed by atoms with van der Waals surface area (Å²) in [7, 11) is 1.72. The molecule has 1 saturated carbocycles. The lowest BCUT2D eigenvalue weighted by atomic mass is 9.83. The van der Waals surface area contributed by atoms with Gasteiger partial charge in [-0.2, -0.15) is 0 Å². The summed E-state index contributed by atoms with van der Waals surface area (Å²) in [6, 6.07) is -0.131. The highest BCUT2D eigenvalue weighted by molar-refractivity contribution is 5.74. The van der Waals surface area contributed by atoms with E-state index in [9.17, 15) is 4.79 Å². The lowest BCUT2D eigenvalue weighted by Crippen LogP contribution is -2.45. The molecule has 5 nitrogen and oxygen atoms in total. The molecular formula is C14H28N2O3. The highest BCUT2D eigenvalue weighted by atomic mass is 16.5. The van der Waals surface area contributed by atoms with Gasteiger partial charge in [-0.3, -0.25) is 0 Å². The maximum Gasteiger partial charge on any atom is 0.315 e. The Hall–Kier alpha value is -0.810. The third-order valence-electron chi connectivity index (χ3n) is 4.06. The summed E-state index contributed by atoms with van der Waals surface area (Å²) in [6.45, 7) is 3.46. The average Bonchev–Trinajstić information content (AvgIpc) is 2.84. The van der Waals surface area contributed by atoms with Crippen molar-refractivity contribution in [1.82, 2.24) is 10.6 Å². The molecule has 1 rings (SSSR count). The fourth-order valence-electron chi connectivity index (χ4n) is 2.77. The molecule has 2 amide bonds. The molecule has 3 N–H and O–H groups in total. The number of carbonyl (C=O) groups excluding carboxylic acids is 1. The summed E-state index contributed by atoms with van der Waals surface area (Å²) in [6.07, 6.45) is 6.42. The van der Waals surface area contributed by atoms with Crippen LogP contribution in [0, 0.1) is 5.41 Å². The molecule has 0 aliphatic heterocycles. The number of methoxy groups -OCH3 is 1. The number of carbonyl (C=O) groups is 1. The minimum atomic E-state index is -0.135. The number of hydrogen-bond acceptors (Lipinski definition) is 3. The third kappa shape index (κ3) is 5.78. The van der Waals surface area contributed by atoms with Gasteiger partial charge in [0.05, 0.1) is 0 Å². The van der Waals surface area contributed by atoms with Gasteiger partial charge < -0.3 is 20.5 Å². The van der Waals surface area contributed by atoms with Gasteiger partial charge in [0, 0.05) is 32.9 Å². The number of hydrogen-bond donors (Lipinski definition) is 3. The molecule has 1 atom stereocenters. The highest BCUT2D eigenvalue weighted by Gasteiger charge is 2.33. The number of ether oxygens (including phenoxy) is 1. The summed E-state index contributed by atoms with van der Waals surface area (Å²) < 4.78 is 5.18. The Balaban J connectivity index is 2.33. The van der Waals surface area contributed by atoms with Crippen LogP contribution in [-0.2, 0) is 4.74 Å². The summed E-state index contributed by atoms with van der Waals surface area (Å²) in [5.74, 6) is 0. The first-order valence-electron chi connectivity index (χ1n) is 7.26. The van der Waals surface area contributed by atoms with E-state index < -0.39 is 0 Å². The Kier molecular flexibility index (Phi) is 7.16. The maximum absolute atomic E-state index is 11.8. The van der Waals surface area contributed by atoms with Gasteiger partial charge >= 0.3 is 6.03 Å². The monoisotopic (exact) mass is 272 g/mol. The first kappa shape index (κ1) is 16.2. The van der Waals surface area contributed by atoms with E-state index in [1.54, 1.807) is 7.11 Å². The van der Waals surface area contributed by atoms with E-state index in [1.165, 1.54) is 25.7 Å². The minimum absolute atomic E-state index is 0.00324. The van der Waals surface area contributed by atoms with Crippen molar-refractivity contribution in [2.24, 2.45) is 5.41 Å². The predicted molar refractivity (Wildman–Crippen MR) is 75.1 cm³/mol. The second-order valence-electron chi connectivity index (χ2n) is 5.69. The third-order valence-corrected chi connectivity index (χ3v) is 4.06. The smallest absolute Gasteiger partial charge is 0.315 e. The summed E-state index contributed by atoms with van der Waals surface area (Å²) in [4.78, 5) is 11.8. The molecule has 19 heavy (non-hydrogen) atoms. The van der Waals surface area contributed by atoms with Gasteiger partial charge in [-0.25, -0.2) is 4.79 Å². The molecule has 112 valence electrons. The van der Waals surface area contributed by atoms with Crippen molar-refractivity contribution in [3.8, 4) is 0 Å². The van der Waals surface area contributed by atoms with Gasteiger partial charge in [-0.05, 0) is 38.0 Å². The van der Waals surface area contributed by atoms with Crippen molar-refractivity contribution in [2.45, 2.75) is 51.5 Å². The largest absolute Gasteiger partial charge is 0.396 e. The van der Waals surface area contributed by atoms with Gasteiger partial charge in [0.25, 0.3) is 0 Å². The van der Waals surface area contributed by atoms with E-state index in [4.69, 9.17) is 9.84 Å². The number of nitrogens with one attached hydrogen (secondary N) is 2. The van der Waals surface area contributed by atoms with Crippen molar-refractivity contribution >= 4 is 6.03 Å². The van der Waals surface area contributed by atoms with E-state index in [-0.39, 0.29) is 24.1 Å². The van der Waals surface area contributed by atoms with Crippen LogP contribution < -0.4 is 10.6 Å². The summed E-state index contributed by atoms with van der Waals surface area (Å²) in [5.41, 5.74) is 0.216. The second-order valence-corrected chi connectivity index (χ2v) is 5.69. The number of amides is 2. The zero-order chi connectivity index (χ0) is 14.1. The molecule has 0 aromatic carbocycles. The van der Waals surface area contributed by atoms with E-state index >= 15 is 0 Å². The van der Waals surface area contributed by atoms with E-state index in [0.29, 0.717) is 13.0 Å². The number of aliphatic hydroxyl groups excluding tert-OH is 1. The normalized spacial score (nSPS) is 19.1. The van der Waals surface area contributed by atoms with Crippen molar-refractivity contribution in [2.75, 3.05) is 26.9 Å². The van der Waals surface area contributed by atoms with Crippen molar-refractivity contribution in [3.05, 3.63) is 0 Å². The fourth-order valence-corrected chi connectivity index (χ4v) is 2.77. The molecule has 1 aliphatic rings. The Morgan fingerprint density at radius 2 is 2.11 bits per heavy atom. The van der Waals surface area contributed by atoms with E-state index in [0.717, 1.165) is 13.0 Å². The van der Waals surface area contributed by atoms with Crippen LogP contribution in [0.5, 0.6) is 0 Å². The maximum atomic E-state index is 11.8. The predicted octanol–water partition coefficient (Wildman–Crippen LogP) is 1.65. The topological polar surface area (TPSA) is 70.6 Å². The zero-order valence-corrected chi connectivity index (χ0v) is 12.2. The molecule has 0 saturated heterocycles. The van der Waals surface area contributed by atoms with Gasteiger partial charge in [-0.1, -0.05) is 12.8 Å². The number of rotatable bonds is 8. The van der Waals surface area contributed by atoms with Crippen LogP contribution >= 0.6 is 0 Å². The van der Waals surface area contributed by atoms with Gasteiger partial charge in [0.1, 0.15) is 0 Å². The fraction of sp³-hybridized carbons (Fsp3) is 0.929. The van der Waals surface area contributed by atoms with Crippen LogP contribution in [0.25, 0.3) is 0 Å². The Bertz CT molecular complexity index is 265. The summed E-state index contributed by atoms with van der Waals surface area (Å²) in [5, 5.41) is 14.6. The molecule has 0 bridgehead atoms. The number of aliphatic hydroxyl groups is 1. The molecular weight excluding hydrogens is 244 g/mol. The quantitative estimate of drug-likeness (QED) is 0.629. The van der Waals surface area contributed by atoms with Gasteiger partial charge in [0.2, 0.25) is 0 Å². The first-order valence-corrected chi connectivity index (χ1v) is 7.26. The Labute approximate surface area is 116 Å². The van der Waals surface area contributed by atoms with Crippen molar-refractivity contribution in [3.63, 3.8) is 0 Å². The Morgan fingerprint density at radius 1 is 1.42 bits per heavy atom. The zero-order valence-electron chi connectivity index (χ0n) is 12.2. The van der Waals surface area contributed by atoms with Crippen molar-refractivity contribution < 1.29 is 14.6 Å². The molecule has 5 heteroatoms. The van der Waals surface area contributed by atoms with Crippen LogP contribution in [0.2, 0.25) is 0 Å². The van der Waals surface area contributed by atoms with Crippen LogP contribution in [-0.4, -0.2) is 44.0 Å².